The Hall–Kier alpha value is -1.73. The van der Waals surface area contributed by atoms with Crippen LogP contribution < -0.4 is 5.32 Å². The number of ether oxygens (including phenoxy) is 2. The number of hydrogen-bond acceptors (Lipinski definition) is 5. The lowest BCUT2D eigenvalue weighted by Crippen LogP contribution is -2.54. The maximum absolute atomic E-state index is 11.9. The van der Waals surface area contributed by atoms with Crippen molar-refractivity contribution in [3.05, 3.63) is 11.6 Å². The highest BCUT2D eigenvalue weighted by molar-refractivity contribution is 6.05. The van der Waals surface area contributed by atoms with E-state index in [9.17, 15) is 14.4 Å². The van der Waals surface area contributed by atoms with Crippen molar-refractivity contribution in [1.29, 1.82) is 0 Å². The van der Waals surface area contributed by atoms with E-state index < -0.39 is 41.7 Å². The van der Waals surface area contributed by atoms with Crippen molar-refractivity contribution in [3.63, 3.8) is 0 Å². The molecule has 3 atom stereocenters. The summed E-state index contributed by atoms with van der Waals surface area (Å²) in [6, 6.07) is -0.924. The topological polar surface area (TPSA) is 102 Å². The maximum atomic E-state index is 11.9. The van der Waals surface area contributed by atoms with Crippen LogP contribution in [-0.4, -0.2) is 46.8 Å². The smallest absolute Gasteiger partial charge is 0.334 e. The number of aliphatic carboxylic acids is 1. The highest BCUT2D eigenvalue weighted by Gasteiger charge is 2.52. The van der Waals surface area contributed by atoms with Crippen LogP contribution in [0.25, 0.3) is 0 Å². The summed E-state index contributed by atoms with van der Waals surface area (Å²) in [6.07, 6.45) is -0.709. The summed E-state index contributed by atoms with van der Waals surface area (Å²) in [4.78, 5) is 34.2. The molecular weight excluding hydrogens is 254 g/mol. The van der Waals surface area contributed by atoms with Crippen molar-refractivity contribution in [1.82, 2.24) is 5.32 Å². The Morgan fingerprint density at radius 3 is 2.53 bits per heavy atom. The van der Waals surface area contributed by atoms with Crippen LogP contribution in [0.3, 0.4) is 0 Å². The third-order valence-electron chi connectivity index (χ3n) is 2.97. The Morgan fingerprint density at radius 1 is 1.37 bits per heavy atom. The third kappa shape index (κ3) is 2.52. The number of fused-ring (bicyclic) bond motifs is 1. The lowest BCUT2D eigenvalue weighted by atomic mass is 9.88. The molecule has 1 aliphatic carbocycles. The monoisotopic (exact) mass is 269 g/mol. The average Bonchev–Trinajstić information content (AvgIpc) is 2.56. The SMILES string of the molecule is CC(=O)NC1C(=O)C=C(C(=O)O)C2OC(C)(C)OC12. The van der Waals surface area contributed by atoms with Crippen LogP contribution in [0, 0.1) is 0 Å². The Balaban J connectivity index is 2.38. The number of carbonyl (C=O) groups excluding carboxylic acids is 2. The minimum Gasteiger partial charge on any atom is -0.478 e. The Kier molecular flexibility index (Phi) is 3.19. The molecule has 1 saturated heterocycles. The van der Waals surface area contributed by atoms with E-state index in [1.807, 2.05) is 0 Å². The molecule has 0 radical (unpaired) electrons. The molecule has 0 aromatic heterocycles. The highest BCUT2D eigenvalue weighted by atomic mass is 16.8. The molecule has 104 valence electrons. The van der Waals surface area contributed by atoms with E-state index in [-0.39, 0.29) is 5.57 Å². The number of carboxylic acid groups (broad SMARTS) is 1. The molecule has 0 bridgehead atoms. The number of carbonyl (C=O) groups is 3. The summed E-state index contributed by atoms with van der Waals surface area (Å²) < 4.78 is 11.1. The van der Waals surface area contributed by atoms with E-state index in [2.05, 4.69) is 5.32 Å². The standard InChI is InChI=1S/C12H15NO6/c1-5(14)13-8-7(15)4-6(11(16)17)9-10(8)19-12(2,3)18-9/h4,8-10H,1-3H3,(H,13,14)(H,16,17). The second kappa shape index (κ2) is 4.43. The quantitative estimate of drug-likeness (QED) is 0.707. The van der Waals surface area contributed by atoms with Gasteiger partial charge in [-0.25, -0.2) is 4.79 Å². The van der Waals surface area contributed by atoms with Crippen LogP contribution in [0.15, 0.2) is 11.6 Å². The predicted molar refractivity (Wildman–Crippen MR) is 62.2 cm³/mol. The summed E-state index contributed by atoms with van der Waals surface area (Å²) >= 11 is 0. The molecule has 2 aliphatic rings. The molecule has 0 aromatic carbocycles. The molecule has 0 spiro atoms. The second-order valence-electron chi connectivity index (χ2n) is 5.01. The molecule has 1 amide bonds. The number of carboxylic acids is 1. The zero-order chi connectivity index (χ0) is 14.4. The van der Waals surface area contributed by atoms with Crippen LogP contribution in [0.1, 0.15) is 20.8 Å². The van der Waals surface area contributed by atoms with Gasteiger partial charge in [0.15, 0.2) is 11.6 Å². The number of hydrogen-bond donors (Lipinski definition) is 2. The molecule has 1 aliphatic heterocycles. The van der Waals surface area contributed by atoms with Gasteiger partial charge in [0, 0.05) is 6.92 Å². The molecule has 2 rings (SSSR count). The number of ketones is 1. The van der Waals surface area contributed by atoms with Crippen molar-refractivity contribution in [2.45, 2.75) is 44.8 Å². The second-order valence-corrected chi connectivity index (χ2v) is 5.01. The van der Waals surface area contributed by atoms with Gasteiger partial charge in [-0.1, -0.05) is 0 Å². The van der Waals surface area contributed by atoms with E-state index in [1.54, 1.807) is 13.8 Å². The van der Waals surface area contributed by atoms with Gasteiger partial charge >= 0.3 is 5.97 Å². The molecule has 0 saturated carbocycles. The van der Waals surface area contributed by atoms with Gasteiger partial charge in [0.25, 0.3) is 0 Å². The minimum atomic E-state index is -1.23. The number of nitrogens with one attached hydrogen (secondary N) is 1. The molecule has 7 nitrogen and oxygen atoms in total. The van der Waals surface area contributed by atoms with E-state index in [0.29, 0.717) is 0 Å². The first-order valence-electron chi connectivity index (χ1n) is 5.83. The normalized spacial score (nSPS) is 32.5. The van der Waals surface area contributed by atoms with E-state index in [4.69, 9.17) is 14.6 Å². The minimum absolute atomic E-state index is 0.151. The van der Waals surface area contributed by atoms with Crippen molar-refractivity contribution in [2.75, 3.05) is 0 Å². The van der Waals surface area contributed by atoms with Crippen molar-refractivity contribution < 1.29 is 29.0 Å². The van der Waals surface area contributed by atoms with Crippen LogP contribution in [0.2, 0.25) is 0 Å². The van der Waals surface area contributed by atoms with Gasteiger partial charge in [-0.2, -0.15) is 0 Å². The molecule has 1 heterocycles. The fourth-order valence-corrected chi connectivity index (χ4v) is 2.32. The van der Waals surface area contributed by atoms with Crippen LogP contribution in [-0.2, 0) is 23.9 Å². The zero-order valence-electron chi connectivity index (χ0n) is 10.8. The lowest BCUT2D eigenvalue weighted by molar-refractivity contribution is -0.150. The van der Waals surface area contributed by atoms with Crippen LogP contribution in [0.5, 0.6) is 0 Å². The Morgan fingerprint density at radius 2 is 2.00 bits per heavy atom. The van der Waals surface area contributed by atoms with Gasteiger partial charge in [-0.3, -0.25) is 9.59 Å². The molecule has 1 fully saturated rings. The highest BCUT2D eigenvalue weighted by Crippen LogP contribution is 2.36. The maximum Gasteiger partial charge on any atom is 0.334 e. The first kappa shape index (κ1) is 13.7. The van der Waals surface area contributed by atoms with Crippen molar-refractivity contribution >= 4 is 17.7 Å². The van der Waals surface area contributed by atoms with Gasteiger partial charge in [-0.05, 0) is 19.9 Å². The summed E-state index contributed by atoms with van der Waals surface area (Å²) in [5.41, 5.74) is -0.151. The van der Waals surface area contributed by atoms with Crippen molar-refractivity contribution in [2.24, 2.45) is 0 Å². The lowest BCUT2D eigenvalue weighted by Gasteiger charge is -2.29. The molecule has 0 aromatic rings. The van der Waals surface area contributed by atoms with Gasteiger partial charge < -0.3 is 19.9 Å². The number of amides is 1. The Bertz CT molecular complexity index is 481. The van der Waals surface area contributed by atoms with Crippen LogP contribution >= 0.6 is 0 Å². The van der Waals surface area contributed by atoms with Crippen molar-refractivity contribution in [3.8, 4) is 0 Å². The van der Waals surface area contributed by atoms with Gasteiger partial charge in [0.2, 0.25) is 5.91 Å². The number of rotatable bonds is 2. The molecule has 19 heavy (non-hydrogen) atoms. The van der Waals surface area contributed by atoms with Crippen LogP contribution in [0.4, 0.5) is 0 Å². The largest absolute Gasteiger partial charge is 0.478 e. The molecule has 2 N–H and O–H groups in total. The summed E-state index contributed by atoms with van der Waals surface area (Å²) in [5.74, 6) is -3.13. The Labute approximate surface area is 109 Å². The van der Waals surface area contributed by atoms with Gasteiger partial charge in [0.1, 0.15) is 18.2 Å². The molecule has 7 heteroatoms. The summed E-state index contributed by atoms with van der Waals surface area (Å²) in [5, 5.41) is 11.6. The van der Waals surface area contributed by atoms with E-state index >= 15 is 0 Å². The van der Waals surface area contributed by atoms with Gasteiger partial charge in [-0.15, -0.1) is 0 Å². The predicted octanol–water partition coefficient (Wildman–Crippen LogP) is -0.395. The average molecular weight is 269 g/mol. The fraction of sp³-hybridized carbons (Fsp3) is 0.583. The first-order chi connectivity index (χ1) is 8.71. The van der Waals surface area contributed by atoms with E-state index in [1.165, 1.54) is 6.92 Å². The zero-order valence-corrected chi connectivity index (χ0v) is 10.8. The third-order valence-corrected chi connectivity index (χ3v) is 2.97. The van der Waals surface area contributed by atoms with E-state index in [0.717, 1.165) is 6.08 Å². The fourth-order valence-electron chi connectivity index (χ4n) is 2.32. The molecule has 3 unspecified atom stereocenters. The summed E-state index contributed by atoms with van der Waals surface area (Å²) in [6.45, 7) is 4.53. The first-order valence-corrected chi connectivity index (χ1v) is 5.83. The van der Waals surface area contributed by atoms with Gasteiger partial charge in [0.05, 0.1) is 5.57 Å². The molecular formula is C12H15NO6. The summed E-state index contributed by atoms with van der Waals surface area (Å²) in [7, 11) is 0.